The highest BCUT2D eigenvalue weighted by atomic mass is 31.2. The second kappa shape index (κ2) is 8.65. The molecule has 0 aliphatic rings. The Morgan fingerprint density at radius 1 is 0.692 bits per heavy atom. The van der Waals surface area contributed by atoms with Gasteiger partial charge in [0.15, 0.2) is 5.76 Å². The van der Waals surface area contributed by atoms with Crippen LogP contribution in [0, 0.1) is 0 Å². The van der Waals surface area contributed by atoms with Crippen molar-refractivity contribution in [3.63, 3.8) is 0 Å². The summed E-state index contributed by atoms with van der Waals surface area (Å²) >= 11 is 0. The van der Waals surface area contributed by atoms with Gasteiger partial charge in [-0.05, 0) is 5.56 Å². The molecule has 0 aliphatic carbocycles. The summed E-state index contributed by atoms with van der Waals surface area (Å²) in [4.78, 5) is 0. The monoisotopic (exact) mass is 373 g/mol. The first-order valence-corrected chi connectivity index (χ1v) is 10.0. The SMILES string of the molecule is CN(C)[P+](O/C(=C(\[O-])c1ccccc1)c1ccccc1)(N(C)C)N(C)C. The zero-order valence-corrected chi connectivity index (χ0v) is 17.3. The van der Waals surface area contributed by atoms with E-state index in [0.29, 0.717) is 11.3 Å². The molecule has 26 heavy (non-hydrogen) atoms. The van der Waals surface area contributed by atoms with Crippen LogP contribution in [0.5, 0.6) is 0 Å². The Morgan fingerprint density at radius 2 is 1.08 bits per heavy atom. The van der Waals surface area contributed by atoms with E-state index >= 15 is 0 Å². The van der Waals surface area contributed by atoms with Gasteiger partial charge in [-0.15, -0.1) is 14.0 Å². The van der Waals surface area contributed by atoms with E-state index in [9.17, 15) is 5.11 Å². The van der Waals surface area contributed by atoms with E-state index in [4.69, 9.17) is 4.52 Å². The fourth-order valence-electron chi connectivity index (χ4n) is 2.98. The van der Waals surface area contributed by atoms with Crippen LogP contribution in [-0.4, -0.2) is 56.3 Å². The molecule has 0 aromatic heterocycles. The van der Waals surface area contributed by atoms with E-state index in [1.807, 2.05) is 117 Å². The van der Waals surface area contributed by atoms with Crippen molar-refractivity contribution in [2.45, 2.75) is 0 Å². The van der Waals surface area contributed by atoms with Crippen LogP contribution in [0.1, 0.15) is 11.1 Å². The molecule has 6 heteroatoms. The maximum Gasteiger partial charge on any atom is 0.416 e. The number of rotatable bonds is 7. The summed E-state index contributed by atoms with van der Waals surface area (Å²) in [6.07, 6.45) is 0. The Labute approximate surface area is 157 Å². The van der Waals surface area contributed by atoms with Gasteiger partial charge in [-0.2, -0.15) is 0 Å². The third-order valence-corrected chi connectivity index (χ3v) is 7.61. The summed E-state index contributed by atoms with van der Waals surface area (Å²) in [5.41, 5.74) is 1.39. The van der Waals surface area contributed by atoms with Crippen LogP contribution in [0.15, 0.2) is 60.7 Å². The van der Waals surface area contributed by atoms with Gasteiger partial charge < -0.3 is 5.11 Å². The summed E-state index contributed by atoms with van der Waals surface area (Å²) < 4.78 is 12.7. The number of hydrogen-bond donors (Lipinski definition) is 0. The zero-order chi connectivity index (χ0) is 19.3. The van der Waals surface area contributed by atoms with Crippen LogP contribution in [0.25, 0.3) is 11.5 Å². The second-order valence-corrected chi connectivity index (χ2v) is 10.1. The molecule has 2 rings (SSSR count). The van der Waals surface area contributed by atoms with E-state index in [0.717, 1.165) is 5.56 Å². The molecule has 0 atom stereocenters. The topological polar surface area (TPSA) is 42.0 Å². The van der Waals surface area contributed by atoms with Gasteiger partial charge in [0.25, 0.3) is 0 Å². The van der Waals surface area contributed by atoms with Crippen LogP contribution in [0.3, 0.4) is 0 Å². The van der Waals surface area contributed by atoms with Gasteiger partial charge in [0.05, 0.1) is 0 Å². The Kier molecular flexibility index (Phi) is 6.79. The zero-order valence-electron chi connectivity index (χ0n) is 16.4. The summed E-state index contributed by atoms with van der Waals surface area (Å²) in [5.74, 6) is 0.243. The predicted octanol–water partition coefficient (Wildman–Crippen LogP) is 3.25. The van der Waals surface area contributed by atoms with Crippen molar-refractivity contribution in [3.05, 3.63) is 71.8 Å². The average molecular weight is 373 g/mol. The van der Waals surface area contributed by atoms with Crippen LogP contribution in [0.4, 0.5) is 0 Å². The molecule has 0 spiro atoms. The highest BCUT2D eigenvalue weighted by Crippen LogP contribution is 2.67. The summed E-state index contributed by atoms with van der Waals surface area (Å²) in [6.45, 7) is 0. The first-order valence-electron chi connectivity index (χ1n) is 8.45. The molecule has 0 unspecified atom stereocenters. The van der Waals surface area contributed by atoms with E-state index in [-0.39, 0.29) is 5.76 Å². The first kappa shape index (κ1) is 20.4. The highest BCUT2D eigenvalue weighted by Gasteiger charge is 2.52. The Bertz CT molecular complexity index is 709. The summed E-state index contributed by atoms with van der Waals surface area (Å²) in [6, 6.07) is 18.8. The fraction of sp³-hybridized carbons (Fsp3) is 0.300. The van der Waals surface area contributed by atoms with Gasteiger partial charge in [-0.1, -0.05) is 66.4 Å². The van der Waals surface area contributed by atoms with Crippen LogP contribution in [-0.2, 0) is 4.52 Å². The lowest BCUT2D eigenvalue weighted by molar-refractivity contribution is -0.244. The minimum atomic E-state index is -2.37. The molecule has 140 valence electrons. The summed E-state index contributed by atoms with van der Waals surface area (Å²) in [5, 5.41) is 13.3. The molecule has 0 fully saturated rings. The highest BCUT2D eigenvalue weighted by molar-refractivity contribution is 7.64. The molecule has 5 nitrogen and oxygen atoms in total. The molecule has 0 N–H and O–H groups in total. The van der Waals surface area contributed by atoms with Gasteiger partial charge in [0.1, 0.15) is 0 Å². The predicted molar refractivity (Wildman–Crippen MR) is 109 cm³/mol. The average Bonchev–Trinajstić information content (AvgIpc) is 2.62. The molecule has 2 aromatic carbocycles. The molecule has 0 amide bonds. The van der Waals surface area contributed by atoms with Crippen LogP contribution >= 0.6 is 7.94 Å². The molecular formula is C20H28N3O2P. The smallest absolute Gasteiger partial charge is 0.416 e. The number of benzene rings is 2. The number of hydrogen-bond acceptors (Lipinski definition) is 5. The van der Waals surface area contributed by atoms with Crippen molar-refractivity contribution < 1.29 is 9.63 Å². The van der Waals surface area contributed by atoms with Crippen LogP contribution in [0.2, 0.25) is 0 Å². The minimum Gasteiger partial charge on any atom is -0.869 e. The van der Waals surface area contributed by atoms with Crippen molar-refractivity contribution in [1.29, 1.82) is 0 Å². The van der Waals surface area contributed by atoms with E-state index in [1.54, 1.807) is 0 Å². The van der Waals surface area contributed by atoms with Crippen molar-refractivity contribution in [1.82, 2.24) is 14.0 Å². The Morgan fingerprint density at radius 3 is 1.46 bits per heavy atom. The summed E-state index contributed by atoms with van der Waals surface area (Å²) in [7, 11) is 9.49. The molecule has 0 heterocycles. The van der Waals surface area contributed by atoms with Gasteiger partial charge in [-0.3, -0.25) is 4.52 Å². The van der Waals surface area contributed by atoms with Crippen molar-refractivity contribution in [2.75, 3.05) is 42.3 Å². The molecule has 2 aromatic rings. The maximum atomic E-state index is 13.3. The van der Waals surface area contributed by atoms with Gasteiger partial charge in [0.2, 0.25) is 0 Å². The Hall–Kier alpha value is -1.91. The quantitative estimate of drug-likeness (QED) is 0.423. The van der Waals surface area contributed by atoms with Gasteiger partial charge in [-0.25, -0.2) is 0 Å². The molecule has 0 bridgehead atoms. The molecular weight excluding hydrogens is 345 g/mol. The second-order valence-electron chi connectivity index (χ2n) is 6.54. The lowest BCUT2D eigenvalue weighted by atomic mass is 10.1. The third-order valence-electron chi connectivity index (χ3n) is 4.06. The van der Waals surface area contributed by atoms with E-state index in [1.165, 1.54) is 0 Å². The molecule has 0 radical (unpaired) electrons. The lowest BCUT2D eigenvalue weighted by Gasteiger charge is -2.38. The fourth-order valence-corrected chi connectivity index (χ4v) is 6.05. The molecule has 0 saturated heterocycles. The van der Waals surface area contributed by atoms with Crippen LogP contribution < -0.4 is 5.11 Å². The van der Waals surface area contributed by atoms with Crippen molar-refractivity contribution in [2.24, 2.45) is 0 Å². The molecule has 0 aliphatic heterocycles. The van der Waals surface area contributed by atoms with Gasteiger partial charge >= 0.3 is 7.94 Å². The van der Waals surface area contributed by atoms with Crippen molar-refractivity contribution >= 4 is 19.5 Å². The standard InChI is InChI=1S/C20H28N3O2P/c1-21(2)26(22(3)4,23(5)6)25-20(18-15-11-8-12-16-18)19(24)17-13-9-7-10-14-17/h7-16H,1-6H3/b20-19-. The Balaban J connectivity index is 2.65. The first-order chi connectivity index (χ1) is 12.3. The number of nitrogens with zero attached hydrogens (tertiary/aromatic N) is 3. The van der Waals surface area contributed by atoms with E-state index in [2.05, 4.69) is 0 Å². The van der Waals surface area contributed by atoms with E-state index < -0.39 is 7.94 Å². The normalized spacial score (nSPS) is 13.3. The lowest BCUT2D eigenvalue weighted by Crippen LogP contribution is -2.37. The van der Waals surface area contributed by atoms with Crippen molar-refractivity contribution in [3.8, 4) is 0 Å². The molecule has 0 saturated carbocycles. The minimum absolute atomic E-state index is 0.119. The van der Waals surface area contributed by atoms with Gasteiger partial charge in [0, 0.05) is 47.8 Å². The largest absolute Gasteiger partial charge is 0.869 e. The third kappa shape index (κ3) is 4.08. The maximum absolute atomic E-state index is 13.3.